The minimum atomic E-state index is -4.74. The van der Waals surface area contributed by atoms with Crippen LogP contribution in [0.2, 0.25) is 0 Å². The molecule has 0 amide bonds. The molecule has 116 valence electrons. The van der Waals surface area contributed by atoms with Crippen molar-refractivity contribution in [1.82, 2.24) is 0 Å². The quantitative estimate of drug-likeness (QED) is 0.932. The van der Waals surface area contributed by atoms with Gasteiger partial charge in [-0.1, -0.05) is 6.07 Å². The third kappa shape index (κ3) is 3.40. The van der Waals surface area contributed by atoms with E-state index < -0.39 is 24.2 Å². The van der Waals surface area contributed by atoms with Gasteiger partial charge < -0.3 is 14.6 Å². The van der Waals surface area contributed by atoms with Crippen LogP contribution in [0.5, 0.6) is 11.5 Å². The fraction of sp³-hybridized carbons (Fsp3) is 0.500. The maximum atomic E-state index is 12.9. The number of halogens is 3. The lowest BCUT2D eigenvalue weighted by Gasteiger charge is -2.32. The predicted molar refractivity (Wildman–Crippen MR) is 67.5 cm³/mol. The molecule has 2 rings (SSSR count). The van der Waals surface area contributed by atoms with Crippen molar-refractivity contribution in [2.75, 3.05) is 0 Å². The van der Waals surface area contributed by atoms with Crippen molar-refractivity contribution < 1.29 is 32.5 Å². The van der Waals surface area contributed by atoms with E-state index >= 15 is 0 Å². The molecule has 1 aliphatic rings. The Labute approximate surface area is 119 Å². The molecule has 2 atom stereocenters. The smallest absolute Gasteiger partial charge is 0.426 e. The molecule has 7 heteroatoms. The minimum Gasteiger partial charge on any atom is -0.491 e. The molecule has 0 fully saturated rings. The zero-order valence-corrected chi connectivity index (χ0v) is 11.5. The standard InChI is InChI=1S/C14H15F3O4/c1-7(2)20-9-4-3-8-5-10(13(18)19)12(14(15,16)17)21-11(8)6-9/h3-4,6-7,10,12H,5H2,1-2H3,(H,18,19). The number of hydrogen-bond acceptors (Lipinski definition) is 3. The summed E-state index contributed by atoms with van der Waals surface area (Å²) in [5.74, 6) is -2.76. The van der Waals surface area contributed by atoms with Gasteiger partial charge in [0.05, 0.1) is 6.10 Å². The highest BCUT2D eigenvalue weighted by molar-refractivity contribution is 5.72. The summed E-state index contributed by atoms with van der Waals surface area (Å²) in [5, 5.41) is 8.97. The second kappa shape index (κ2) is 5.46. The Morgan fingerprint density at radius 1 is 1.43 bits per heavy atom. The van der Waals surface area contributed by atoms with Crippen LogP contribution in [-0.2, 0) is 11.2 Å². The Morgan fingerprint density at radius 2 is 2.10 bits per heavy atom. The molecule has 0 radical (unpaired) electrons. The van der Waals surface area contributed by atoms with Crippen LogP contribution in [0.4, 0.5) is 13.2 Å². The normalized spacial score (nSPS) is 21.6. The predicted octanol–water partition coefficient (Wildman–Crippen LogP) is 3.04. The lowest BCUT2D eigenvalue weighted by molar-refractivity contribution is -0.217. The van der Waals surface area contributed by atoms with E-state index in [0.29, 0.717) is 11.3 Å². The molecule has 1 aromatic carbocycles. The highest BCUT2D eigenvalue weighted by atomic mass is 19.4. The van der Waals surface area contributed by atoms with Crippen molar-refractivity contribution in [3.8, 4) is 11.5 Å². The number of hydrogen-bond donors (Lipinski definition) is 1. The molecule has 0 aliphatic carbocycles. The highest BCUT2D eigenvalue weighted by Crippen LogP contribution is 2.40. The molecular weight excluding hydrogens is 289 g/mol. The Hall–Kier alpha value is -1.92. The third-order valence-electron chi connectivity index (χ3n) is 3.11. The SMILES string of the molecule is CC(C)Oc1ccc2c(c1)OC(C(F)(F)F)C(C(=O)O)C2. The van der Waals surface area contributed by atoms with E-state index in [4.69, 9.17) is 14.6 Å². The number of alkyl halides is 3. The Morgan fingerprint density at radius 3 is 2.62 bits per heavy atom. The summed E-state index contributed by atoms with van der Waals surface area (Å²) < 4.78 is 49.1. The molecule has 0 saturated carbocycles. The van der Waals surface area contributed by atoms with Crippen molar-refractivity contribution in [1.29, 1.82) is 0 Å². The van der Waals surface area contributed by atoms with Crippen LogP contribution in [0, 0.1) is 5.92 Å². The monoisotopic (exact) mass is 304 g/mol. The average Bonchev–Trinajstić information content (AvgIpc) is 2.35. The summed E-state index contributed by atoms with van der Waals surface area (Å²) in [7, 11) is 0. The average molecular weight is 304 g/mol. The van der Waals surface area contributed by atoms with Crippen LogP contribution < -0.4 is 9.47 Å². The second-order valence-electron chi connectivity index (χ2n) is 5.17. The summed E-state index contributed by atoms with van der Waals surface area (Å²) in [5.41, 5.74) is 0.430. The van der Waals surface area contributed by atoms with E-state index in [9.17, 15) is 18.0 Å². The van der Waals surface area contributed by atoms with Crippen molar-refractivity contribution in [3.63, 3.8) is 0 Å². The maximum absolute atomic E-state index is 12.9. The van der Waals surface area contributed by atoms with Gasteiger partial charge in [-0.25, -0.2) is 0 Å². The molecule has 1 aromatic rings. The van der Waals surface area contributed by atoms with Gasteiger partial charge >= 0.3 is 12.1 Å². The van der Waals surface area contributed by atoms with Crippen LogP contribution >= 0.6 is 0 Å². The van der Waals surface area contributed by atoms with Gasteiger partial charge in [-0.2, -0.15) is 13.2 Å². The summed E-state index contributed by atoms with van der Waals surface area (Å²) >= 11 is 0. The fourth-order valence-electron chi connectivity index (χ4n) is 2.23. The first-order chi connectivity index (χ1) is 9.68. The second-order valence-corrected chi connectivity index (χ2v) is 5.17. The van der Waals surface area contributed by atoms with Gasteiger partial charge in [-0.15, -0.1) is 0 Å². The van der Waals surface area contributed by atoms with E-state index in [-0.39, 0.29) is 18.3 Å². The summed E-state index contributed by atoms with van der Waals surface area (Å²) in [6.07, 6.45) is -7.44. The number of carbonyl (C=O) groups is 1. The molecule has 21 heavy (non-hydrogen) atoms. The summed E-state index contributed by atoms with van der Waals surface area (Å²) in [6.45, 7) is 3.58. The molecule has 2 unspecified atom stereocenters. The van der Waals surface area contributed by atoms with Crippen LogP contribution in [0.3, 0.4) is 0 Å². The lowest BCUT2D eigenvalue weighted by Crippen LogP contribution is -2.47. The van der Waals surface area contributed by atoms with Crippen LogP contribution in [0.15, 0.2) is 18.2 Å². The number of fused-ring (bicyclic) bond motifs is 1. The number of carboxylic acids is 1. The van der Waals surface area contributed by atoms with Crippen molar-refractivity contribution in [2.45, 2.75) is 38.7 Å². The van der Waals surface area contributed by atoms with Gasteiger partial charge in [0, 0.05) is 6.07 Å². The van der Waals surface area contributed by atoms with E-state index in [2.05, 4.69) is 0 Å². The molecule has 0 spiro atoms. The molecular formula is C14H15F3O4. The zero-order chi connectivity index (χ0) is 15.8. The van der Waals surface area contributed by atoms with Crippen LogP contribution in [0.1, 0.15) is 19.4 Å². The summed E-state index contributed by atoms with van der Waals surface area (Å²) in [6, 6.07) is 4.50. The van der Waals surface area contributed by atoms with Gasteiger partial charge in [-0.3, -0.25) is 4.79 Å². The molecule has 0 bridgehead atoms. The first-order valence-corrected chi connectivity index (χ1v) is 6.44. The third-order valence-corrected chi connectivity index (χ3v) is 3.11. The number of aliphatic carboxylic acids is 1. The van der Waals surface area contributed by atoms with E-state index in [0.717, 1.165) is 0 Å². The van der Waals surface area contributed by atoms with Gasteiger partial charge in [0.2, 0.25) is 6.10 Å². The van der Waals surface area contributed by atoms with Crippen molar-refractivity contribution in [3.05, 3.63) is 23.8 Å². The zero-order valence-electron chi connectivity index (χ0n) is 11.5. The Bertz CT molecular complexity index is 540. The Kier molecular flexibility index (Phi) is 4.02. The highest BCUT2D eigenvalue weighted by Gasteiger charge is 2.52. The van der Waals surface area contributed by atoms with E-state index in [1.54, 1.807) is 19.9 Å². The van der Waals surface area contributed by atoms with Crippen molar-refractivity contribution >= 4 is 5.97 Å². The molecule has 0 saturated heterocycles. The van der Waals surface area contributed by atoms with Gasteiger partial charge in [0.25, 0.3) is 0 Å². The van der Waals surface area contributed by atoms with Crippen LogP contribution in [-0.4, -0.2) is 29.5 Å². The van der Waals surface area contributed by atoms with Crippen molar-refractivity contribution in [2.24, 2.45) is 5.92 Å². The topological polar surface area (TPSA) is 55.8 Å². The molecule has 0 aromatic heterocycles. The molecule has 1 aliphatic heterocycles. The lowest BCUT2D eigenvalue weighted by atomic mass is 9.90. The number of benzene rings is 1. The number of rotatable bonds is 3. The van der Waals surface area contributed by atoms with E-state index in [1.807, 2.05) is 0 Å². The Balaban J connectivity index is 2.34. The first kappa shape index (κ1) is 15.5. The van der Waals surface area contributed by atoms with Gasteiger partial charge in [0.15, 0.2) is 0 Å². The molecule has 4 nitrogen and oxygen atoms in total. The number of ether oxygens (including phenoxy) is 2. The summed E-state index contributed by atoms with van der Waals surface area (Å²) in [4.78, 5) is 11.0. The van der Waals surface area contributed by atoms with Gasteiger partial charge in [-0.05, 0) is 31.9 Å². The molecule has 1 N–H and O–H groups in total. The van der Waals surface area contributed by atoms with Gasteiger partial charge in [0.1, 0.15) is 17.4 Å². The minimum absolute atomic E-state index is 0.0213. The van der Waals surface area contributed by atoms with Crippen LogP contribution in [0.25, 0.3) is 0 Å². The first-order valence-electron chi connectivity index (χ1n) is 6.44. The molecule has 1 heterocycles. The number of carboxylic acid groups (broad SMARTS) is 1. The largest absolute Gasteiger partial charge is 0.491 e. The van der Waals surface area contributed by atoms with E-state index in [1.165, 1.54) is 12.1 Å². The fourth-order valence-corrected chi connectivity index (χ4v) is 2.23. The maximum Gasteiger partial charge on any atom is 0.426 e.